The van der Waals surface area contributed by atoms with E-state index >= 15 is 0 Å². The number of rotatable bonds is 5. The fraction of sp³-hybridized carbons (Fsp3) is 0.714. The van der Waals surface area contributed by atoms with Crippen LogP contribution >= 0.6 is 0 Å². The van der Waals surface area contributed by atoms with Gasteiger partial charge in [-0.1, -0.05) is 6.08 Å². The van der Waals surface area contributed by atoms with Gasteiger partial charge in [0.15, 0.2) is 0 Å². The molecule has 0 aromatic rings. The van der Waals surface area contributed by atoms with Crippen LogP contribution in [-0.2, 0) is 4.84 Å². The molecule has 0 aliphatic carbocycles. The summed E-state index contributed by atoms with van der Waals surface area (Å²) >= 11 is 0. The fourth-order valence-electron chi connectivity index (χ4n) is 0.558. The van der Waals surface area contributed by atoms with E-state index in [0.29, 0.717) is 0 Å². The first kappa shape index (κ1) is 12.3. The van der Waals surface area contributed by atoms with Crippen molar-refractivity contribution < 1.29 is 10.3 Å². The van der Waals surface area contributed by atoms with Crippen LogP contribution in [0.1, 0.15) is 13.3 Å². The predicted molar refractivity (Wildman–Crippen MR) is 42.7 cm³/mol. The average molecular weight is 147 g/mol. The molecule has 0 amide bonds. The number of hydroxylamine groups is 2. The summed E-state index contributed by atoms with van der Waals surface area (Å²) < 4.78 is 0. The molecule has 0 fully saturated rings. The van der Waals surface area contributed by atoms with Gasteiger partial charge in [0.05, 0.1) is 6.61 Å². The zero-order valence-electron chi connectivity index (χ0n) is 6.76. The van der Waals surface area contributed by atoms with Crippen molar-refractivity contribution in [3.8, 4) is 0 Å². The lowest BCUT2D eigenvalue weighted by Gasteiger charge is -2.13. The molecule has 62 valence electrons. The third kappa shape index (κ3) is 7.62. The van der Waals surface area contributed by atoms with Gasteiger partial charge < -0.3 is 5.48 Å². The van der Waals surface area contributed by atoms with E-state index in [4.69, 9.17) is 4.84 Å². The topological polar surface area (TPSA) is 44.0 Å². The van der Waals surface area contributed by atoms with Crippen molar-refractivity contribution >= 4 is 0 Å². The van der Waals surface area contributed by atoms with Crippen LogP contribution in [0.4, 0.5) is 0 Å². The molecule has 0 rings (SSSR count). The van der Waals surface area contributed by atoms with Crippen LogP contribution in [0.3, 0.4) is 0 Å². The highest BCUT2D eigenvalue weighted by atomic mass is 16.7. The first-order valence-electron chi connectivity index (χ1n) is 3.26. The molecule has 0 saturated heterocycles. The second-order valence-electron chi connectivity index (χ2n) is 1.85. The number of nitrogens with zero attached hydrogens (tertiary/aromatic N) is 1. The Morgan fingerprint density at radius 1 is 1.60 bits per heavy atom. The Bertz CT molecular complexity index is 76.0. The molecule has 0 unspecified atom stereocenters. The molecule has 0 atom stereocenters. The smallest absolute Gasteiger partial charge is 0.0656 e. The van der Waals surface area contributed by atoms with Crippen molar-refractivity contribution in [1.29, 1.82) is 0 Å². The van der Waals surface area contributed by atoms with Crippen molar-refractivity contribution in [2.45, 2.75) is 13.3 Å². The molecule has 0 aromatic carbocycles. The molecule has 0 aliphatic heterocycles. The lowest BCUT2D eigenvalue weighted by Crippen LogP contribution is -2.19. The first-order valence-corrected chi connectivity index (χ1v) is 3.26. The molecule has 10 heavy (non-hydrogen) atoms. The van der Waals surface area contributed by atoms with Crippen LogP contribution in [-0.4, -0.2) is 30.7 Å². The summed E-state index contributed by atoms with van der Waals surface area (Å²) in [5.41, 5.74) is 0. The minimum Gasteiger partial charge on any atom is -0.412 e. The molecular formula is C7H17NO2. The van der Waals surface area contributed by atoms with E-state index in [-0.39, 0.29) is 5.48 Å². The Morgan fingerprint density at radius 2 is 2.20 bits per heavy atom. The lowest BCUT2D eigenvalue weighted by molar-refractivity contribution is -0.133. The Kier molecular flexibility index (Phi) is 10.6. The standard InChI is InChI=1S/C7H15NO.H2O/c1-4-6-7-8(3)9-5-2;/h4H,1,5-7H2,2-3H3;1H2. The van der Waals surface area contributed by atoms with Gasteiger partial charge in [0.2, 0.25) is 0 Å². The zero-order valence-corrected chi connectivity index (χ0v) is 6.76. The zero-order chi connectivity index (χ0) is 7.11. The van der Waals surface area contributed by atoms with Crippen LogP contribution in [0.2, 0.25) is 0 Å². The van der Waals surface area contributed by atoms with E-state index in [1.807, 2.05) is 25.1 Å². The molecule has 0 aliphatic rings. The van der Waals surface area contributed by atoms with Gasteiger partial charge in [-0.2, -0.15) is 5.06 Å². The highest BCUT2D eigenvalue weighted by molar-refractivity contribution is 4.66. The monoisotopic (exact) mass is 147 g/mol. The second kappa shape index (κ2) is 8.62. The van der Waals surface area contributed by atoms with Gasteiger partial charge in [0.25, 0.3) is 0 Å². The maximum Gasteiger partial charge on any atom is 0.0656 e. The van der Waals surface area contributed by atoms with E-state index in [9.17, 15) is 0 Å². The Balaban J connectivity index is 0. The van der Waals surface area contributed by atoms with Crippen molar-refractivity contribution in [2.75, 3.05) is 20.2 Å². The van der Waals surface area contributed by atoms with Gasteiger partial charge in [0.1, 0.15) is 0 Å². The number of hydrogen-bond donors (Lipinski definition) is 0. The highest BCUT2D eigenvalue weighted by Gasteiger charge is 1.91. The van der Waals surface area contributed by atoms with Gasteiger partial charge in [-0.25, -0.2) is 0 Å². The van der Waals surface area contributed by atoms with E-state index < -0.39 is 0 Å². The molecule has 0 radical (unpaired) electrons. The van der Waals surface area contributed by atoms with E-state index in [0.717, 1.165) is 19.6 Å². The first-order chi connectivity index (χ1) is 4.31. The molecule has 3 nitrogen and oxygen atoms in total. The van der Waals surface area contributed by atoms with Crippen LogP contribution in [0.25, 0.3) is 0 Å². The van der Waals surface area contributed by atoms with Gasteiger partial charge in [0, 0.05) is 13.6 Å². The van der Waals surface area contributed by atoms with Crippen molar-refractivity contribution in [2.24, 2.45) is 0 Å². The maximum absolute atomic E-state index is 5.13. The van der Waals surface area contributed by atoms with Gasteiger partial charge in [-0.3, -0.25) is 4.84 Å². The van der Waals surface area contributed by atoms with Crippen LogP contribution in [0.15, 0.2) is 12.7 Å². The Labute approximate surface area is 62.5 Å². The summed E-state index contributed by atoms with van der Waals surface area (Å²) in [6, 6.07) is 0. The molecule has 3 heteroatoms. The van der Waals surface area contributed by atoms with Gasteiger partial charge in [-0.05, 0) is 13.3 Å². The van der Waals surface area contributed by atoms with Crippen LogP contribution in [0.5, 0.6) is 0 Å². The molecular weight excluding hydrogens is 130 g/mol. The minimum atomic E-state index is 0. The largest absolute Gasteiger partial charge is 0.412 e. The molecule has 0 spiro atoms. The van der Waals surface area contributed by atoms with Crippen molar-refractivity contribution in [1.82, 2.24) is 5.06 Å². The second-order valence-corrected chi connectivity index (χ2v) is 1.85. The van der Waals surface area contributed by atoms with E-state index in [1.165, 1.54) is 0 Å². The van der Waals surface area contributed by atoms with E-state index in [1.54, 1.807) is 0 Å². The highest BCUT2D eigenvalue weighted by Crippen LogP contribution is 1.87. The predicted octanol–water partition coefficient (Wildman–Crippen LogP) is 0.621. The lowest BCUT2D eigenvalue weighted by atomic mass is 10.4. The summed E-state index contributed by atoms with van der Waals surface area (Å²) in [5, 5.41) is 1.82. The number of hydrogen-bond acceptors (Lipinski definition) is 2. The quantitative estimate of drug-likeness (QED) is 0.422. The molecule has 0 heterocycles. The summed E-state index contributed by atoms with van der Waals surface area (Å²) in [6.45, 7) is 7.26. The summed E-state index contributed by atoms with van der Waals surface area (Å²) in [7, 11) is 1.92. The Morgan fingerprint density at radius 3 is 2.60 bits per heavy atom. The Hall–Kier alpha value is -0.380. The van der Waals surface area contributed by atoms with Crippen molar-refractivity contribution in [3.05, 3.63) is 12.7 Å². The molecule has 0 aromatic heterocycles. The SMILES string of the molecule is C=CCCN(C)OCC.O. The summed E-state index contributed by atoms with van der Waals surface area (Å²) in [5.74, 6) is 0. The van der Waals surface area contributed by atoms with Gasteiger partial charge >= 0.3 is 0 Å². The summed E-state index contributed by atoms with van der Waals surface area (Å²) in [6.07, 6.45) is 2.87. The van der Waals surface area contributed by atoms with E-state index in [2.05, 4.69) is 6.58 Å². The summed E-state index contributed by atoms with van der Waals surface area (Å²) in [4.78, 5) is 5.13. The maximum atomic E-state index is 5.13. The van der Waals surface area contributed by atoms with Crippen LogP contribution < -0.4 is 0 Å². The van der Waals surface area contributed by atoms with Crippen molar-refractivity contribution in [3.63, 3.8) is 0 Å². The third-order valence-corrected chi connectivity index (χ3v) is 0.998. The average Bonchev–Trinajstić information content (AvgIpc) is 1.85. The normalized spacial score (nSPS) is 9.10. The minimum absolute atomic E-state index is 0. The third-order valence-electron chi connectivity index (χ3n) is 0.998. The molecule has 0 bridgehead atoms. The van der Waals surface area contributed by atoms with Crippen LogP contribution in [0, 0.1) is 0 Å². The van der Waals surface area contributed by atoms with Gasteiger partial charge in [-0.15, -0.1) is 6.58 Å². The molecule has 2 N–H and O–H groups in total. The fourth-order valence-corrected chi connectivity index (χ4v) is 0.558. The molecule has 0 saturated carbocycles.